The largest absolute Gasteiger partial charge is 0.332 e. The predicted molar refractivity (Wildman–Crippen MR) is 132 cm³/mol. The molecule has 0 aliphatic carbocycles. The average Bonchev–Trinajstić information content (AvgIpc) is 3.31. The van der Waals surface area contributed by atoms with Crippen molar-refractivity contribution in [1.29, 1.82) is 0 Å². The Morgan fingerprint density at radius 3 is 2.30 bits per heavy atom. The number of carbonyl (C=O) groups is 2. The molecule has 4 nitrogen and oxygen atoms in total. The molecule has 0 fully saturated rings. The molecule has 0 aliphatic rings. The van der Waals surface area contributed by atoms with Gasteiger partial charge in [-0.05, 0) is 46.7 Å². The molecule has 1 heterocycles. The number of thiophene rings is 1. The lowest BCUT2D eigenvalue weighted by atomic mass is 10.1. The lowest BCUT2D eigenvalue weighted by Crippen LogP contribution is -2.43. The maximum atomic E-state index is 13.3. The van der Waals surface area contributed by atoms with Gasteiger partial charge >= 0.3 is 0 Å². The molecule has 0 aliphatic heterocycles. The van der Waals surface area contributed by atoms with Crippen molar-refractivity contribution in [3.8, 4) is 0 Å². The average molecular weight is 465 g/mol. The second kappa shape index (κ2) is 12.1. The van der Waals surface area contributed by atoms with Crippen molar-refractivity contribution in [1.82, 2.24) is 9.80 Å². The van der Waals surface area contributed by atoms with E-state index in [1.165, 1.54) is 18.2 Å². The summed E-state index contributed by atoms with van der Waals surface area (Å²) in [6.45, 7) is 5.30. The van der Waals surface area contributed by atoms with E-state index >= 15 is 0 Å². The molecule has 0 saturated carbocycles. The quantitative estimate of drug-likeness (QED) is 0.366. The monoisotopic (exact) mass is 464 g/mol. The predicted octanol–water partition coefficient (Wildman–Crippen LogP) is 5.61. The third-order valence-corrected chi connectivity index (χ3v) is 5.87. The van der Waals surface area contributed by atoms with Crippen LogP contribution in [0.2, 0.25) is 0 Å². The summed E-state index contributed by atoms with van der Waals surface area (Å²) in [5.74, 6) is -0.433. The molecule has 2 amide bonds. The van der Waals surface area contributed by atoms with Gasteiger partial charge in [0, 0.05) is 24.0 Å². The maximum Gasteiger partial charge on any atom is 0.247 e. The molecule has 6 heteroatoms. The van der Waals surface area contributed by atoms with Gasteiger partial charge in [0.1, 0.15) is 12.4 Å². The Labute approximate surface area is 199 Å². The minimum absolute atomic E-state index is 0.0112. The Morgan fingerprint density at radius 2 is 1.67 bits per heavy atom. The van der Waals surface area contributed by atoms with Crippen molar-refractivity contribution < 1.29 is 14.0 Å². The molecule has 172 valence electrons. The van der Waals surface area contributed by atoms with Crippen LogP contribution in [0.25, 0.3) is 6.08 Å². The van der Waals surface area contributed by atoms with Crippen molar-refractivity contribution in [2.45, 2.75) is 26.9 Å². The number of halogens is 1. The van der Waals surface area contributed by atoms with E-state index in [9.17, 15) is 14.0 Å². The Morgan fingerprint density at radius 1 is 0.939 bits per heavy atom. The first-order valence-corrected chi connectivity index (χ1v) is 11.9. The first-order valence-electron chi connectivity index (χ1n) is 11.0. The van der Waals surface area contributed by atoms with Crippen molar-refractivity contribution in [2.24, 2.45) is 5.92 Å². The Hall–Kier alpha value is -3.25. The van der Waals surface area contributed by atoms with E-state index in [-0.39, 0.29) is 30.1 Å². The Balaban J connectivity index is 1.75. The number of nitrogens with zero attached hydrogens (tertiary/aromatic N) is 2. The highest BCUT2D eigenvalue weighted by molar-refractivity contribution is 7.09. The molecule has 1 aromatic heterocycles. The molecule has 2 aromatic carbocycles. The van der Waals surface area contributed by atoms with Crippen LogP contribution in [0.1, 0.15) is 29.9 Å². The summed E-state index contributed by atoms with van der Waals surface area (Å²) < 4.78 is 13.3. The minimum Gasteiger partial charge on any atom is -0.332 e. The molecule has 33 heavy (non-hydrogen) atoms. The second-order valence-corrected chi connectivity index (χ2v) is 9.34. The van der Waals surface area contributed by atoms with Crippen LogP contribution in [0.4, 0.5) is 4.39 Å². The normalized spacial score (nSPS) is 11.2. The van der Waals surface area contributed by atoms with E-state index in [1.54, 1.807) is 39.3 Å². The van der Waals surface area contributed by atoms with Gasteiger partial charge < -0.3 is 9.80 Å². The van der Waals surface area contributed by atoms with Gasteiger partial charge in [-0.1, -0.05) is 62.4 Å². The zero-order chi connectivity index (χ0) is 23.6. The Bertz CT molecular complexity index is 1050. The van der Waals surface area contributed by atoms with Gasteiger partial charge in [0.15, 0.2) is 0 Å². The van der Waals surface area contributed by atoms with Gasteiger partial charge in [-0.2, -0.15) is 0 Å². The van der Waals surface area contributed by atoms with Crippen LogP contribution in [-0.4, -0.2) is 34.7 Å². The van der Waals surface area contributed by atoms with Crippen LogP contribution in [0.3, 0.4) is 0 Å². The smallest absolute Gasteiger partial charge is 0.247 e. The third kappa shape index (κ3) is 7.99. The first kappa shape index (κ1) is 24.4. The van der Waals surface area contributed by atoms with Crippen LogP contribution >= 0.6 is 11.3 Å². The van der Waals surface area contributed by atoms with Crippen molar-refractivity contribution in [3.63, 3.8) is 0 Å². The zero-order valence-corrected chi connectivity index (χ0v) is 19.8. The molecule has 0 unspecified atom stereocenters. The van der Waals surface area contributed by atoms with Crippen molar-refractivity contribution in [2.75, 3.05) is 13.1 Å². The summed E-state index contributed by atoms with van der Waals surface area (Å²) in [7, 11) is 0. The van der Waals surface area contributed by atoms with Crippen LogP contribution in [0.5, 0.6) is 0 Å². The van der Waals surface area contributed by atoms with E-state index in [4.69, 9.17) is 0 Å². The van der Waals surface area contributed by atoms with Crippen molar-refractivity contribution >= 4 is 29.2 Å². The lowest BCUT2D eigenvalue weighted by Gasteiger charge is -2.28. The molecule has 0 bridgehead atoms. The summed E-state index contributed by atoms with van der Waals surface area (Å²) in [5.41, 5.74) is 1.77. The fraction of sp³-hybridized carbons (Fsp3) is 0.259. The van der Waals surface area contributed by atoms with Gasteiger partial charge in [0.25, 0.3) is 0 Å². The van der Waals surface area contributed by atoms with Crippen molar-refractivity contribution in [3.05, 3.63) is 100 Å². The van der Waals surface area contributed by atoms with E-state index in [1.807, 2.05) is 61.7 Å². The van der Waals surface area contributed by atoms with Gasteiger partial charge in [0.2, 0.25) is 11.8 Å². The summed E-state index contributed by atoms with van der Waals surface area (Å²) in [6.07, 6.45) is 3.29. The molecule has 3 rings (SSSR count). The first-order chi connectivity index (χ1) is 15.9. The van der Waals surface area contributed by atoms with E-state index in [0.717, 1.165) is 16.0 Å². The topological polar surface area (TPSA) is 40.6 Å². The zero-order valence-electron chi connectivity index (χ0n) is 19.0. The molecule has 0 saturated heterocycles. The van der Waals surface area contributed by atoms with E-state index in [0.29, 0.717) is 19.6 Å². The second-order valence-electron chi connectivity index (χ2n) is 8.31. The molecular weight excluding hydrogens is 435 g/mol. The summed E-state index contributed by atoms with van der Waals surface area (Å²) >= 11 is 1.58. The lowest BCUT2D eigenvalue weighted by molar-refractivity contribution is -0.139. The molecule has 0 atom stereocenters. The fourth-order valence-electron chi connectivity index (χ4n) is 3.41. The summed E-state index contributed by atoms with van der Waals surface area (Å²) in [5, 5.41) is 1.97. The SMILES string of the molecule is CC(C)CN(CC(=O)N(Cc1ccc(F)cc1)Cc1cccs1)C(=O)/C=C/c1ccccc1. The maximum absolute atomic E-state index is 13.3. The van der Waals surface area contributed by atoms with Gasteiger partial charge in [-0.25, -0.2) is 4.39 Å². The highest BCUT2D eigenvalue weighted by Crippen LogP contribution is 2.16. The highest BCUT2D eigenvalue weighted by Gasteiger charge is 2.22. The minimum atomic E-state index is -0.311. The fourth-order valence-corrected chi connectivity index (χ4v) is 4.13. The standard InChI is InChI=1S/C27H29FN2O2S/c1-21(2)17-29(26(31)15-12-22-7-4-3-5-8-22)20-27(32)30(19-25-9-6-16-33-25)18-23-10-13-24(28)14-11-23/h3-16,21H,17-20H2,1-2H3/b15-12+. The van der Waals surface area contributed by atoms with Gasteiger partial charge in [-0.15, -0.1) is 11.3 Å². The molecule has 0 radical (unpaired) electrons. The number of hydrogen-bond acceptors (Lipinski definition) is 3. The Kier molecular flexibility index (Phi) is 8.95. The van der Waals surface area contributed by atoms with E-state index < -0.39 is 0 Å². The third-order valence-electron chi connectivity index (χ3n) is 5.01. The van der Waals surface area contributed by atoms with Crippen LogP contribution in [0, 0.1) is 11.7 Å². The van der Waals surface area contributed by atoms with Gasteiger partial charge in [0.05, 0.1) is 6.54 Å². The number of hydrogen-bond donors (Lipinski definition) is 0. The highest BCUT2D eigenvalue weighted by atomic mass is 32.1. The molecule has 0 N–H and O–H groups in total. The number of carbonyl (C=O) groups excluding carboxylic acids is 2. The van der Waals surface area contributed by atoms with Gasteiger partial charge in [-0.3, -0.25) is 9.59 Å². The number of rotatable bonds is 10. The van der Waals surface area contributed by atoms with Crippen LogP contribution < -0.4 is 0 Å². The van der Waals surface area contributed by atoms with E-state index in [2.05, 4.69) is 0 Å². The number of amides is 2. The molecule has 3 aromatic rings. The molecular formula is C27H29FN2O2S. The van der Waals surface area contributed by atoms with Crippen LogP contribution in [-0.2, 0) is 22.7 Å². The molecule has 0 spiro atoms. The number of benzene rings is 2. The van der Waals surface area contributed by atoms with Crippen LogP contribution in [0.15, 0.2) is 78.2 Å². The summed E-state index contributed by atoms with van der Waals surface area (Å²) in [4.78, 5) is 30.7. The summed E-state index contributed by atoms with van der Waals surface area (Å²) in [6, 6.07) is 19.7.